The Morgan fingerprint density at radius 1 is 1.50 bits per heavy atom. The molecule has 0 spiro atoms. The number of anilines is 3. The molecule has 1 aromatic rings. The standard InChI is InChI=1S/C8H15N5O/c1-5(3-14-2)13-8-6(9)7(10)11-4-12-8/h4-5H,3,9H2,1-2H3,(H3,10,11,12,13). The van der Waals surface area contributed by atoms with Gasteiger partial charge in [-0.15, -0.1) is 0 Å². The smallest absolute Gasteiger partial charge is 0.155 e. The third kappa shape index (κ3) is 2.46. The Kier molecular flexibility index (Phi) is 3.47. The van der Waals surface area contributed by atoms with Gasteiger partial charge in [-0.25, -0.2) is 9.97 Å². The molecule has 0 fully saturated rings. The molecule has 1 unspecified atom stereocenters. The number of aromatic nitrogens is 2. The summed E-state index contributed by atoms with van der Waals surface area (Å²) >= 11 is 0. The van der Waals surface area contributed by atoms with Gasteiger partial charge in [0.05, 0.1) is 6.61 Å². The minimum atomic E-state index is 0.122. The highest BCUT2D eigenvalue weighted by molar-refractivity contribution is 5.72. The summed E-state index contributed by atoms with van der Waals surface area (Å²) in [6.45, 7) is 2.53. The number of ether oxygens (including phenoxy) is 1. The molecule has 0 aliphatic heterocycles. The van der Waals surface area contributed by atoms with E-state index in [4.69, 9.17) is 16.2 Å². The summed E-state index contributed by atoms with van der Waals surface area (Å²) in [6, 6.07) is 0.122. The maximum atomic E-state index is 5.67. The number of nitrogen functional groups attached to an aromatic ring is 2. The fraction of sp³-hybridized carbons (Fsp3) is 0.500. The Morgan fingerprint density at radius 2 is 2.21 bits per heavy atom. The quantitative estimate of drug-likeness (QED) is 0.632. The van der Waals surface area contributed by atoms with Crippen molar-refractivity contribution in [3.63, 3.8) is 0 Å². The summed E-state index contributed by atoms with van der Waals surface area (Å²) in [4.78, 5) is 7.74. The first-order valence-electron chi connectivity index (χ1n) is 4.26. The normalized spacial score (nSPS) is 12.4. The van der Waals surface area contributed by atoms with Gasteiger partial charge in [-0.05, 0) is 6.92 Å². The second kappa shape index (κ2) is 4.61. The van der Waals surface area contributed by atoms with Crippen LogP contribution in [0.4, 0.5) is 17.3 Å². The van der Waals surface area contributed by atoms with Crippen LogP contribution in [0.1, 0.15) is 6.92 Å². The van der Waals surface area contributed by atoms with Gasteiger partial charge < -0.3 is 21.5 Å². The van der Waals surface area contributed by atoms with E-state index in [0.29, 0.717) is 18.1 Å². The molecule has 0 aliphatic rings. The lowest BCUT2D eigenvalue weighted by molar-refractivity contribution is 0.190. The second-order valence-electron chi connectivity index (χ2n) is 3.02. The minimum absolute atomic E-state index is 0.122. The molecule has 1 rings (SSSR count). The Labute approximate surface area is 82.7 Å². The van der Waals surface area contributed by atoms with Crippen LogP contribution >= 0.6 is 0 Å². The average Bonchev–Trinajstić information content (AvgIpc) is 2.13. The van der Waals surface area contributed by atoms with Crippen molar-refractivity contribution in [3.05, 3.63) is 6.33 Å². The van der Waals surface area contributed by atoms with Crippen LogP contribution in [0.15, 0.2) is 6.33 Å². The average molecular weight is 197 g/mol. The third-order valence-corrected chi connectivity index (χ3v) is 1.71. The zero-order chi connectivity index (χ0) is 10.6. The maximum Gasteiger partial charge on any atom is 0.155 e. The van der Waals surface area contributed by atoms with Crippen molar-refractivity contribution in [2.24, 2.45) is 0 Å². The van der Waals surface area contributed by atoms with Crippen molar-refractivity contribution < 1.29 is 4.74 Å². The molecular weight excluding hydrogens is 182 g/mol. The van der Waals surface area contributed by atoms with Crippen LogP contribution in [0.2, 0.25) is 0 Å². The number of methoxy groups -OCH3 is 1. The van der Waals surface area contributed by atoms with E-state index >= 15 is 0 Å². The zero-order valence-corrected chi connectivity index (χ0v) is 8.32. The Bertz CT molecular complexity index is 304. The van der Waals surface area contributed by atoms with Crippen molar-refractivity contribution in [2.75, 3.05) is 30.5 Å². The molecule has 5 N–H and O–H groups in total. The number of nitrogens with one attached hydrogen (secondary N) is 1. The maximum absolute atomic E-state index is 5.67. The largest absolute Gasteiger partial charge is 0.393 e. The molecule has 0 saturated heterocycles. The molecule has 6 heteroatoms. The molecule has 0 bridgehead atoms. The summed E-state index contributed by atoms with van der Waals surface area (Å²) < 4.78 is 4.97. The Balaban J connectivity index is 2.71. The predicted molar refractivity (Wildman–Crippen MR) is 55.8 cm³/mol. The molecular formula is C8H15N5O. The molecule has 6 nitrogen and oxygen atoms in total. The van der Waals surface area contributed by atoms with Gasteiger partial charge in [0.2, 0.25) is 0 Å². The van der Waals surface area contributed by atoms with Crippen LogP contribution in [0.25, 0.3) is 0 Å². The topological polar surface area (TPSA) is 99.1 Å². The number of nitrogens with zero attached hydrogens (tertiary/aromatic N) is 2. The zero-order valence-electron chi connectivity index (χ0n) is 8.32. The molecule has 1 aromatic heterocycles. The van der Waals surface area contributed by atoms with Gasteiger partial charge >= 0.3 is 0 Å². The van der Waals surface area contributed by atoms with Crippen LogP contribution < -0.4 is 16.8 Å². The highest BCUT2D eigenvalue weighted by Gasteiger charge is 2.07. The van der Waals surface area contributed by atoms with E-state index in [9.17, 15) is 0 Å². The SMILES string of the molecule is COCC(C)Nc1ncnc(N)c1N. The molecule has 1 heterocycles. The van der Waals surface area contributed by atoms with Crippen LogP contribution in [-0.2, 0) is 4.74 Å². The van der Waals surface area contributed by atoms with Crippen LogP contribution in [-0.4, -0.2) is 29.7 Å². The van der Waals surface area contributed by atoms with E-state index in [-0.39, 0.29) is 11.9 Å². The van der Waals surface area contributed by atoms with Gasteiger partial charge in [-0.2, -0.15) is 0 Å². The highest BCUT2D eigenvalue weighted by Crippen LogP contribution is 2.19. The molecule has 0 amide bonds. The van der Waals surface area contributed by atoms with E-state index in [1.807, 2.05) is 6.92 Å². The van der Waals surface area contributed by atoms with Gasteiger partial charge in [-0.1, -0.05) is 0 Å². The molecule has 1 atom stereocenters. The summed E-state index contributed by atoms with van der Waals surface area (Å²) in [5.41, 5.74) is 11.6. The van der Waals surface area contributed by atoms with E-state index < -0.39 is 0 Å². The van der Waals surface area contributed by atoms with Gasteiger partial charge in [0, 0.05) is 13.2 Å². The predicted octanol–water partition coefficient (Wildman–Crippen LogP) is 0.0878. The van der Waals surface area contributed by atoms with Gasteiger partial charge in [0.25, 0.3) is 0 Å². The first-order valence-corrected chi connectivity index (χ1v) is 4.26. The molecule has 14 heavy (non-hydrogen) atoms. The third-order valence-electron chi connectivity index (χ3n) is 1.71. The molecule has 78 valence electrons. The molecule has 0 aliphatic carbocycles. The lowest BCUT2D eigenvalue weighted by atomic mass is 10.3. The number of hydrogen-bond acceptors (Lipinski definition) is 6. The van der Waals surface area contributed by atoms with Crippen LogP contribution in [0.3, 0.4) is 0 Å². The lowest BCUT2D eigenvalue weighted by Gasteiger charge is -2.14. The van der Waals surface area contributed by atoms with Crippen LogP contribution in [0, 0.1) is 0 Å². The summed E-state index contributed by atoms with van der Waals surface area (Å²) in [7, 11) is 1.63. The Morgan fingerprint density at radius 3 is 2.86 bits per heavy atom. The lowest BCUT2D eigenvalue weighted by Crippen LogP contribution is -2.22. The molecule has 0 radical (unpaired) electrons. The van der Waals surface area contributed by atoms with E-state index in [1.165, 1.54) is 6.33 Å². The van der Waals surface area contributed by atoms with E-state index in [1.54, 1.807) is 7.11 Å². The number of hydrogen-bond donors (Lipinski definition) is 3. The van der Waals surface area contributed by atoms with Crippen molar-refractivity contribution in [1.29, 1.82) is 0 Å². The van der Waals surface area contributed by atoms with Gasteiger partial charge in [0.1, 0.15) is 12.0 Å². The fourth-order valence-electron chi connectivity index (χ4n) is 1.05. The summed E-state index contributed by atoms with van der Waals surface area (Å²) in [6.07, 6.45) is 1.37. The summed E-state index contributed by atoms with van der Waals surface area (Å²) in [5.74, 6) is 0.828. The fourth-order valence-corrected chi connectivity index (χ4v) is 1.05. The first kappa shape index (κ1) is 10.5. The van der Waals surface area contributed by atoms with Gasteiger partial charge in [0.15, 0.2) is 11.6 Å². The molecule has 0 saturated carbocycles. The molecule has 0 aromatic carbocycles. The number of nitrogens with two attached hydrogens (primary N) is 2. The monoisotopic (exact) mass is 197 g/mol. The van der Waals surface area contributed by atoms with Crippen molar-refractivity contribution in [3.8, 4) is 0 Å². The Hall–Kier alpha value is -1.56. The van der Waals surface area contributed by atoms with Crippen molar-refractivity contribution >= 4 is 17.3 Å². The summed E-state index contributed by atoms with van der Waals surface area (Å²) in [5, 5.41) is 3.07. The second-order valence-corrected chi connectivity index (χ2v) is 3.02. The first-order chi connectivity index (χ1) is 6.65. The highest BCUT2D eigenvalue weighted by atomic mass is 16.5. The number of rotatable bonds is 4. The minimum Gasteiger partial charge on any atom is -0.393 e. The van der Waals surface area contributed by atoms with E-state index in [2.05, 4.69) is 15.3 Å². The van der Waals surface area contributed by atoms with Crippen molar-refractivity contribution in [2.45, 2.75) is 13.0 Å². The van der Waals surface area contributed by atoms with Crippen molar-refractivity contribution in [1.82, 2.24) is 9.97 Å². The van der Waals surface area contributed by atoms with E-state index in [0.717, 1.165) is 0 Å². The van der Waals surface area contributed by atoms with Crippen LogP contribution in [0.5, 0.6) is 0 Å². The van der Waals surface area contributed by atoms with Gasteiger partial charge in [-0.3, -0.25) is 0 Å².